The first-order valence-electron chi connectivity index (χ1n) is 16.2. The smallest absolute Gasteiger partial charge is 0.143 e. The lowest BCUT2D eigenvalue weighted by Gasteiger charge is -2.18. The number of hydrogen-bond donors (Lipinski definition) is 0. The van der Waals surface area contributed by atoms with Crippen molar-refractivity contribution in [3.05, 3.63) is 170 Å². The molecule has 0 saturated heterocycles. The Morgan fingerprint density at radius 3 is 1.49 bits per heavy atom. The highest BCUT2D eigenvalue weighted by atomic mass is 16.3. The van der Waals surface area contributed by atoms with Gasteiger partial charge in [0.15, 0.2) is 0 Å². The highest BCUT2D eigenvalue weighted by molar-refractivity contribution is 6.22. The summed E-state index contributed by atoms with van der Waals surface area (Å²) in [6, 6.07) is 61.6. The zero-order chi connectivity index (χ0) is 30.9. The third-order valence-corrected chi connectivity index (χ3v) is 9.80. The predicted molar refractivity (Wildman–Crippen MR) is 200 cm³/mol. The van der Waals surface area contributed by atoms with Crippen molar-refractivity contribution in [3.8, 4) is 33.4 Å². The molecule has 0 bridgehead atoms. The third kappa shape index (κ3) is 4.03. The molecule has 0 atom stereocenters. The molecule has 1 aromatic heterocycles. The van der Waals surface area contributed by atoms with Gasteiger partial charge in [0, 0.05) is 16.3 Å². The second kappa shape index (κ2) is 10.2. The number of fused-ring (bicyclic) bond motifs is 7. The molecule has 47 heavy (non-hydrogen) atoms. The summed E-state index contributed by atoms with van der Waals surface area (Å²) in [6.45, 7) is 0. The Kier molecular flexibility index (Phi) is 5.64. The first-order chi connectivity index (χ1) is 23.3. The molecule has 10 aromatic rings. The van der Waals surface area contributed by atoms with Gasteiger partial charge in [-0.05, 0) is 95.2 Å². The molecule has 0 aliphatic heterocycles. The molecule has 0 spiro atoms. The monoisotopic (exact) mass is 596 g/mol. The molecule has 10 rings (SSSR count). The van der Waals surface area contributed by atoms with Crippen LogP contribution >= 0.6 is 0 Å². The molecule has 218 valence electrons. The van der Waals surface area contributed by atoms with E-state index in [9.17, 15) is 0 Å². The molecular formula is C46H28O. The fourth-order valence-corrected chi connectivity index (χ4v) is 7.65. The molecule has 0 fully saturated rings. The van der Waals surface area contributed by atoms with Crippen LogP contribution < -0.4 is 0 Å². The highest BCUT2D eigenvalue weighted by Gasteiger charge is 2.18. The lowest BCUT2D eigenvalue weighted by molar-refractivity contribution is 0.670. The largest absolute Gasteiger partial charge is 0.455 e. The normalized spacial score (nSPS) is 11.8. The fourth-order valence-electron chi connectivity index (χ4n) is 7.65. The zero-order valence-electron chi connectivity index (χ0n) is 25.6. The van der Waals surface area contributed by atoms with Crippen molar-refractivity contribution >= 4 is 65.0 Å². The molecule has 1 heterocycles. The fraction of sp³-hybridized carbons (Fsp3) is 0. The Morgan fingerprint density at radius 1 is 0.298 bits per heavy atom. The Hall–Kier alpha value is -6.18. The average molecular weight is 597 g/mol. The van der Waals surface area contributed by atoms with Crippen LogP contribution in [0.25, 0.3) is 98.4 Å². The first kappa shape index (κ1) is 26.1. The molecule has 1 nitrogen and oxygen atoms in total. The van der Waals surface area contributed by atoms with Crippen molar-refractivity contribution in [1.82, 2.24) is 0 Å². The maximum atomic E-state index is 6.63. The lowest BCUT2D eigenvalue weighted by atomic mass is 9.85. The van der Waals surface area contributed by atoms with E-state index < -0.39 is 0 Å². The number of hydrogen-bond acceptors (Lipinski definition) is 1. The molecule has 0 N–H and O–H groups in total. The van der Waals surface area contributed by atoms with E-state index in [1.807, 2.05) is 0 Å². The SMILES string of the molecule is c1cc(-c2c3ccccc3c(-c3ccc4ccccc4c3)c3ccccc23)cc(-c2cccc3c2oc2cc4ccccc4cc23)c1. The van der Waals surface area contributed by atoms with Gasteiger partial charge >= 0.3 is 0 Å². The van der Waals surface area contributed by atoms with Crippen molar-refractivity contribution in [1.29, 1.82) is 0 Å². The predicted octanol–water partition coefficient (Wildman–Crippen LogP) is 13.2. The van der Waals surface area contributed by atoms with E-state index in [1.165, 1.54) is 65.3 Å². The summed E-state index contributed by atoms with van der Waals surface area (Å²) >= 11 is 0. The Morgan fingerprint density at radius 2 is 0.809 bits per heavy atom. The van der Waals surface area contributed by atoms with Crippen molar-refractivity contribution in [2.75, 3.05) is 0 Å². The second-order valence-electron chi connectivity index (χ2n) is 12.5. The molecule has 0 unspecified atom stereocenters. The van der Waals surface area contributed by atoms with Crippen LogP contribution in [0.2, 0.25) is 0 Å². The maximum Gasteiger partial charge on any atom is 0.143 e. The standard InChI is InChI=1S/C46H28O/c1-2-12-30-25-35(24-23-29(30)11-1)45-39-19-7-5-17-37(39)44(38-18-6-8-20-40(38)45)34-16-9-15-33(26-34)36-21-10-22-41-42-27-31-13-3-4-14-32(31)28-43(42)47-46(36)41/h1-28H. The van der Waals surface area contributed by atoms with Gasteiger partial charge < -0.3 is 4.42 Å². The topological polar surface area (TPSA) is 13.1 Å². The summed E-state index contributed by atoms with van der Waals surface area (Å²) in [5, 5.41) is 12.2. The van der Waals surface area contributed by atoms with Gasteiger partial charge in [0.2, 0.25) is 0 Å². The lowest BCUT2D eigenvalue weighted by Crippen LogP contribution is -1.91. The molecule has 0 aliphatic carbocycles. The minimum atomic E-state index is 0.920. The minimum absolute atomic E-state index is 0.920. The highest BCUT2D eigenvalue weighted by Crippen LogP contribution is 2.45. The quantitative estimate of drug-likeness (QED) is 0.185. The molecule has 9 aromatic carbocycles. The van der Waals surface area contributed by atoms with Gasteiger partial charge in [-0.1, -0.05) is 146 Å². The number of furan rings is 1. The van der Waals surface area contributed by atoms with E-state index in [1.54, 1.807) is 0 Å². The van der Waals surface area contributed by atoms with Gasteiger partial charge in [-0.2, -0.15) is 0 Å². The summed E-state index contributed by atoms with van der Waals surface area (Å²) in [4.78, 5) is 0. The van der Waals surface area contributed by atoms with Gasteiger partial charge in [0.25, 0.3) is 0 Å². The molecule has 1 heteroatoms. The summed E-state index contributed by atoms with van der Waals surface area (Å²) in [6.07, 6.45) is 0. The van der Waals surface area contributed by atoms with E-state index in [-0.39, 0.29) is 0 Å². The van der Waals surface area contributed by atoms with Gasteiger partial charge in [-0.25, -0.2) is 0 Å². The van der Waals surface area contributed by atoms with Crippen molar-refractivity contribution < 1.29 is 4.42 Å². The van der Waals surface area contributed by atoms with Crippen LogP contribution in [0, 0.1) is 0 Å². The molecular weight excluding hydrogens is 569 g/mol. The van der Waals surface area contributed by atoms with E-state index in [4.69, 9.17) is 4.42 Å². The Balaban J connectivity index is 1.21. The van der Waals surface area contributed by atoms with Crippen LogP contribution in [0.5, 0.6) is 0 Å². The van der Waals surface area contributed by atoms with Crippen molar-refractivity contribution in [2.24, 2.45) is 0 Å². The van der Waals surface area contributed by atoms with E-state index in [0.29, 0.717) is 0 Å². The van der Waals surface area contributed by atoms with Crippen LogP contribution in [0.4, 0.5) is 0 Å². The summed E-state index contributed by atoms with van der Waals surface area (Å²) in [5.41, 5.74) is 9.06. The van der Waals surface area contributed by atoms with Crippen LogP contribution in [0.1, 0.15) is 0 Å². The average Bonchev–Trinajstić information content (AvgIpc) is 3.50. The number of benzene rings is 9. The van der Waals surface area contributed by atoms with Crippen molar-refractivity contribution in [2.45, 2.75) is 0 Å². The van der Waals surface area contributed by atoms with Gasteiger partial charge in [0.05, 0.1) is 0 Å². The Labute approximate surface area is 271 Å². The van der Waals surface area contributed by atoms with E-state index in [2.05, 4.69) is 170 Å². The maximum absolute atomic E-state index is 6.63. The minimum Gasteiger partial charge on any atom is -0.455 e. The second-order valence-corrected chi connectivity index (χ2v) is 12.5. The summed E-state index contributed by atoms with van der Waals surface area (Å²) < 4.78 is 6.63. The number of rotatable bonds is 3. The van der Waals surface area contributed by atoms with Gasteiger partial charge in [-0.3, -0.25) is 0 Å². The zero-order valence-corrected chi connectivity index (χ0v) is 25.6. The van der Waals surface area contributed by atoms with Crippen LogP contribution in [0.15, 0.2) is 174 Å². The molecule has 0 amide bonds. The molecule has 0 radical (unpaired) electrons. The van der Waals surface area contributed by atoms with Crippen molar-refractivity contribution in [3.63, 3.8) is 0 Å². The summed E-state index contributed by atoms with van der Waals surface area (Å²) in [7, 11) is 0. The van der Waals surface area contributed by atoms with Crippen LogP contribution in [-0.2, 0) is 0 Å². The Bertz CT molecular complexity index is 2800. The number of para-hydroxylation sites is 1. The van der Waals surface area contributed by atoms with E-state index >= 15 is 0 Å². The molecule has 0 aliphatic rings. The van der Waals surface area contributed by atoms with E-state index in [0.717, 1.165) is 33.1 Å². The van der Waals surface area contributed by atoms with Gasteiger partial charge in [0.1, 0.15) is 11.2 Å². The third-order valence-electron chi connectivity index (χ3n) is 9.80. The first-order valence-corrected chi connectivity index (χ1v) is 16.2. The molecule has 0 saturated carbocycles. The van der Waals surface area contributed by atoms with Gasteiger partial charge in [-0.15, -0.1) is 0 Å². The van der Waals surface area contributed by atoms with Crippen LogP contribution in [-0.4, -0.2) is 0 Å². The summed E-state index contributed by atoms with van der Waals surface area (Å²) in [5.74, 6) is 0. The van der Waals surface area contributed by atoms with Crippen LogP contribution in [0.3, 0.4) is 0 Å².